The largest absolute Gasteiger partial charge is 0.488 e. The van der Waals surface area contributed by atoms with Crippen molar-refractivity contribution < 1.29 is 4.74 Å². The molecule has 3 aromatic rings. The number of ether oxygens (including phenoxy) is 1. The maximum Gasteiger partial charge on any atom is 0.122 e. The predicted molar refractivity (Wildman–Crippen MR) is 85.2 cm³/mol. The Hall–Kier alpha value is -1.84. The molecule has 2 N–H and O–H groups in total. The maximum absolute atomic E-state index is 5.91. The normalized spacial score (nSPS) is 10.9. The van der Waals surface area contributed by atoms with E-state index in [2.05, 4.69) is 37.3 Å². The lowest BCUT2D eigenvalue weighted by molar-refractivity contribution is 0.308. The smallest absolute Gasteiger partial charge is 0.122 e. The van der Waals surface area contributed by atoms with E-state index in [1.807, 2.05) is 18.2 Å². The average Bonchev–Trinajstić information content (AvgIpc) is 2.89. The molecule has 0 saturated carbocycles. The van der Waals surface area contributed by atoms with Gasteiger partial charge in [-0.05, 0) is 35.6 Å². The first-order valence-electron chi connectivity index (χ1n) is 6.67. The van der Waals surface area contributed by atoms with Crippen molar-refractivity contribution in [2.24, 2.45) is 5.73 Å². The first-order valence-corrected chi connectivity index (χ1v) is 7.48. The van der Waals surface area contributed by atoms with Crippen LogP contribution in [-0.4, -0.2) is 0 Å². The number of hydrogen-bond acceptors (Lipinski definition) is 3. The summed E-state index contributed by atoms with van der Waals surface area (Å²) >= 11 is 1.77. The fourth-order valence-corrected chi connectivity index (χ4v) is 3.37. The number of benzene rings is 2. The fraction of sp³-hybridized carbons (Fsp3) is 0.176. The first-order chi connectivity index (χ1) is 9.78. The SMILES string of the molecule is Cc1ccccc1OCc1cc2cccc(CN)c2s1. The second kappa shape index (κ2) is 5.65. The number of thiophene rings is 1. The minimum Gasteiger partial charge on any atom is -0.488 e. The zero-order valence-corrected chi connectivity index (χ0v) is 12.2. The van der Waals surface area contributed by atoms with Gasteiger partial charge in [-0.25, -0.2) is 0 Å². The molecule has 0 fully saturated rings. The van der Waals surface area contributed by atoms with Gasteiger partial charge in [0.1, 0.15) is 12.4 Å². The van der Waals surface area contributed by atoms with Gasteiger partial charge in [0, 0.05) is 16.1 Å². The highest BCUT2D eigenvalue weighted by Gasteiger charge is 2.06. The van der Waals surface area contributed by atoms with Gasteiger partial charge in [0.2, 0.25) is 0 Å². The molecule has 3 rings (SSSR count). The van der Waals surface area contributed by atoms with Crippen LogP contribution in [0.5, 0.6) is 5.75 Å². The molecule has 0 saturated heterocycles. The second-order valence-corrected chi connectivity index (χ2v) is 5.94. The summed E-state index contributed by atoms with van der Waals surface area (Å²) in [5, 5.41) is 1.25. The first kappa shape index (κ1) is 13.2. The third-order valence-electron chi connectivity index (χ3n) is 3.36. The van der Waals surface area contributed by atoms with Crippen LogP contribution in [0.2, 0.25) is 0 Å². The second-order valence-electron chi connectivity index (χ2n) is 4.81. The molecule has 3 heteroatoms. The van der Waals surface area contributed by atoms with Crippen LogP contribution in [0.15, 0.2) is 48.5 Å². The third kappa shape index (κ3) is 2.55. The molecule has 1 heterocycles. The molecule has 0 aliphatic rings. The van der Waals surface area contributed by atoms with E-state index in [4.69, 9.17) is 10.5 Å². The Morgan fingerprint density at radius 1 is 1.10 bits per heavy atom. The van der Waals surface area contributed by atoms with Gasteiger partial charge in [0.25, 0.3) is 0 Å². The van der Waals surface area contributed by atoms with Gasteiger partial charge in [-0.1, -0.05) is 36.4 Å². The molecule has 0 unspecified atom stereocenters. The maximum atomic E-state index is 5.91. The number of nitrogens with two attached hydrogens (primary N) is 1. The molecule has 2 aromatic carbocycles. The Kier molecular flexibility index (Phi) is 3.72. The number of aryl methyl sites for hydroxylation is 1. The molecule has 0 radical (unpaired) electrons. The van der Waals surface area contributed by atoms with E-state index in [-0.39, 0.29) is 0 Å². The van der Waals surface area contributed by atoms with Crippen LogP contribution >= 0.6 is 11.3 Å². The van der Waals surface area contributed by atoms with Crippen molar-refractivity contribution in [2.75, 3.05) is 0 Å². The van der Waals surface area contributed by atoms with Crippen LogP contribution in [-0.2, 0) is 13.2 Å². The van der Waals surface area contributed by atoms with Crippen molar-refractivity contribution in [2.45, 2.75) is 20.1 Å². The molecule has 0 bridgehead atoms. The van der Waals surface area contributed by atoms with Gasteiger partial charge in [-0.2, -0.15) is 0 Å². The number of hydrogen-bond donors (Lipinski definition) is 1. The average molecular weight is 283 g/mol. The molecule has 2 nitrogen and oxygen atoms in total. The molecule has 0 aliphatic carbocycles. The Balaban J connectivity index is 1.83. The van der Waals surface area contributed by atoms with Gasteiger partial charge < -0.3 is 10.5 Å². The summed E-state index contributed by atoms with van der Waals surface area (Å²) in [7, 11) is 0. The summed E-state index contributed by atoms with van der Waals surface area (Å²) < 4.78 is 7.18. The summed E-state index contributed by atoms with van der Waals surface area (Å²) in [6, 6.07) is 16.6. The van der Waals surface area contributed by atoms with E-state index in [0.29, 0.717) is 13.2 Å². The molecule has 1 aromatic heterocycles. The highest BCUT2D eigenvalue weighted by molar-refractivity contribution is 7.19. The van der Waals surface area contributed by atoms with E-state index in [9.17, 15) is 0 Å². The summed E-state index contributed by atoms with van der Waals surface area (Å²) in [5.41, 5.74) is 8.15. The van der Waals surface area contributed by atoms with E-state index >= 15 is 0 Å². The Morgan fingerprint density at radius 2 is 1.95 bits per heavy atom. The molecule has 0 amide bonds. The molecular formula is C17H17NOS. The Bertz CT molecular complexity index is 733. The lowest BCUT2D eigenvalue weighted by atomic mass is 10.1. The molecule has 0 spiro atoms. The molecular weight excluding hydrogens is 266 g/mol. The van der Waals surface area contributed by atoms with E-state index in [1.54, 1.807) is 11.3 Å². The van der Waals surface area contributed by atoms with E-state index < -0.39 is 0 Å². The summed E-state index contributed by atoms with van der Waals surface area (Å²) in [6.45, 7) is 3.25. The van der Waals surface area contributed by atoms with Gasteiger partial charge in [-0.3, -0.25) is 0 Å². The molecule has 20 heavy (non-hydrogen) atoms. The summed E-state index contributed by atoms with van der Waals surface area (Å²) in [6.07, 6.45) is 0. The van der Waals surface area contributed by atoms with Crippen LogP contribution in [0.1, 0.15) is 16.0 Å². The zero-order chi connectivity index (χ0) is 13.9. The van der Waals surface area contributed by atoms with Crippen LogP contribution in [0.25, 0.3) is 10.1 Å². The van der Waals surface area contributed by atoms with Gasteiger partial charge in [-0.15, -0.1) is 11.3 Å². The number of rotatable bonds is 4. The van der Waals surface area contributed by atoms with Crippen molar-refractivity contribution in [3.8, 4) is 5.75 Å². The summed E-state index contributed by atoms with van der Waals surface area (Å²) in [5.74, 6) is 0.948. The number of fused-ring (bicyclic) bond motifs is 1. The van der Waals surface area contributed by atoms with Crippen molar-refractivity contribution in [3.05, 3.63) is 64.5 Å². The predicted octanol–water partition coefficient (Wildman–Crippen LogP) is 4.25. The minimum atomic E-state index is 0.579. The van der Waals surface area contributed by atoms with Crippen molar-refractivity contribution >= 4 is 21.4 Å². The van der Waals surface area contributed by atoms with Crippen molar-refractivity contribution in [1.82, 2.24) is 0 Å². The monoisotopic (exact) mass is 283 g/mol. The Morgan fingerprint density at radius 3 is 2.75 bits per heavy atom. The fourth-order valence-electron chi connectivity index (χ4n) is 2.28. The lowest BCUT2D eigenvalue weighted by Gasteiger charge is -2.06. The molecule has 0 aliphatic heterocycles. The van der Waals surface area contributed by atoms with Gasteiger partial charge in [0.15, 0.2) is 0 Å². The van der Waals surface area contributed by atoms with Crippen molar-refractivity contribution in [3.63, 3.8) is 0 Å². The standard InChI is InChI=1S/C17H17NOS/c1-12-5-2-3-8-16(12)19-11-15-9-13-6-4-7-14(10-18)17(13)20-15/h2-9H,10-11,18H2,1H3. The van der Waals surface area contributed by atoms with Gasteiger partial charge in [0.05, 0.1) is 0 Å². The highest BCUT2D eigenvalue weighted by Crippen LogP contribution is 2.29. The van der Waals surface area contributed by atoms with Crippen LogP contribution < -0.4 is 10.5 Å². The van der Waals surface area contributed by atoms with Crippen LogP contribution in [0.4, 0.5) is 0 Å². The Labute approximate surface area is 122 Å². The third-order valence-corrected chi connectivity index (χ3v) is 4.56. The highest BCUT2D eigenvalue weighted by atomic mass is 32.1. The van der Waals surface area contributed by atoms with Gasteiger partial charge >= 0.3 is 0 Å². The number of para-hydroxylation sites is 1. The quantitative estimate of drug-likeness (QED) is 0.777. The minimum absolute atomic E-state index is 0.579. The molecule has 0 atom stereocenters. The topological polar surface area (TPSA) is 35.2 Å². The van der Waals surface area contributed by atoms with Crippen LogP contribution in [0, 0.1) is 6.92 Å². The summed E-state index contributed by atoms with van der Waals surface area (Å²) in [4.78, 5) is 1.23. The van der Waals surface area contributed by atoms with Crippen LogP contribution in [0.3, 0.4) is 0 Å². The van der Waals surface area contributed by atoms with E-state index in [0.717, 1.165) is 11.3 Å². The van der Waals surface area contributed by atoms with E-state index in [1.165, 1.54) is 20.5 Å². The zero-order valence-electron chi connectivity index (χ0n) is 11.4. The lowest BCUT2D eigenvalue weighted by Crippen LogP contribution is -1.95. The molecule has 102 valence electrons. The van der Waals surface area contributed by atoms with Crippen molar-refractivity contribution in [1.29, 1.82) is 0 Å².